The highest BCUT2D eigenvalue weighted by atomic mass is 32.1. The zero-order valence-corrected chi connectivity index (χ0v) is 18.7. The summed E-state index contributed by atoms with van der Waals surface area (Å²) in [5.41, 5.74) is 1.98. The molecule has 4 rings (SSSR count). The Balaban J connectivity index is 1.52. The molecule has 8 heteroatoms. The fourth-order valence-corrected chi connectivity index (χ4v) is 3.88. The van der Waals surface area contributed by atoms with Crippen molar-refractivity contribution in [1.82, 2.24) is 14.9 Å². The molecule has 31 heavy (non-hydrogen) atoms. The van der Waals surface area contributed by atoms with Crippen molar-refractivity contribution < 1.29 is 9.47 Å². The quantitative estimate of drug-likeness (QED) is 0.272. The smallest absolute Gasteiger partial charge is 0.216 e. The van der Waals surface area contributed by atoms with Crippen molar-refractivity contribution >= 4 is 29.8 Å². The van der Waals surface area contributed by atoms with Gasteiger partial charge >= 0.3 is 0 Å². The minimum absolute atomic E-state index is 0.454. The van der Waals surface area contributed by atoms with Crippen LogP contribution in [-0.2, 0) is 13.0 Å². The Kier molecular flexibility index (Phi) is 6.91. The first-order valence-electron chi connectivity index (χ1n) is 9.89. The van der Waals surface area contributed by atoms with Gasteiger partial charge in [0.25, 0.3) is 0 Å². The van der Waals surface area contributed by atoms with Crippen LogP contribution in [0.4, 0.5) is 0 Å². The number of nitrogens with zero attached hydrogens (tertiary/aromatic N) is 3. The number of ether oxygens (including phenoxy) is 2. The van der Waals surface area contributed by atoms with E-state index in [2.05, 4.69) is 21.4 Å². The molecule has 0 aliphatic heterocycles. The van der Waals surface area contributed by atoms with Crippen LogP contribution in [0.15, 0.2) is 71.1 Å². The van der Waals surface area contributed by atoms with Crippen LogP contribution < -0.4 is 9.47 Å². The molecule has 0 saturated heterocycles. The SMILES string of the molecule is CCOc1cc(/C=N\n2c(Cc3cccs3)n[nH]c2=S)ccc1OCc1ccccc1. The Hall–Kier alpha value is -3.23. The highest BCUT2D eigenvalue weighted by Gasteiger charge is 2.09. The van der Waals surface area contributed by atoms with Gasteiger partial charge in [0.1, 0.15) is 6.61 Å². The van der Waals surface area contributed by atoms with Gasteiger partial charge in [-0.05, 0) is 59.9 Å². The Bertz CT molecular complexity index is 1200. The molecule has 0 aliphatic rings. The van der Waals surface area contributed by atoms with Crippen molar-refractivity contribution in [3.8, 4) is 11.5 Å². The predicted octanol–water partition coefficient (Wildman–Crippen LogP) is 5.45. The van der Waals surface area contributed by atoms with Gasteiger partial charge in [0.2, 0.25) is 4.77 Å². The lowest BCUT2D eigenvalue weighted by molar-refractivity contribution is 0.269. The van der Waals surface area contributed by atoms with E-state index in [9.17, 15) is 0 Å². The van der Waals surface area contributed by atoms with E-state index < -0.39 is 0 Å². The number of rotatable bonds is 9. The maximum Gasteiger partial charge on any atom is 0.216 e. The molecule has 0 unspecified atom stereocenters. The Labute approximate surface area is 189 Å². The third kappa shape index (κ3) is 5.48. The standard InChI is InChI=1S/C23H22N4O2S2/c1-2-28-21-13-18(10-11-20(21)29-16-17-7-4-3-5-8-17)15-24-27-22(25-26-23(27)30)14-19-9-6-12-31-19/h3-13,15H,2,14,16H2,1H3,(H,26,30)/b24-15-. The first kappa shape index (κ1) is 21.0. The van der Waals surface area contributed by atoms with Crippen LogP contribution in [0.1, 0.15) is 28.8 Å². The summed E-state index contributed by atoms with van der Waals surface area (Å²) < 4.78 is 13.9. The monoisotopic (exact) mass is 450 g/mol. The van der Waals surface area contributed by atoms with Crippen molar-refractivity contribution in [1.29, 1.82) is 0 Å². The van der Waals surface area contributed by atoms with Gasteiger partial charge in [0, 0.05) is 11.3 Å². The third-order valence-corrected chi connectivity index (χ3v) is 5.60. The van der Waals surface area contributed by atoms with Crippen LogP contribution in [0.5, 0.6) is 11.5 Å². The topological polar surface area (TPSA) is 64.4 Å². The maximum atomic E-state index is 5.97. The molecule has 2 heterocycles. The molecular formula is C23H22N4O2S2. The largest absolute Gasteiger partial charge is 0.490 e. The molecule has 4 aromatic rings. The molecule has 0 spiro atoms. The second kappa shape index (κ2) is 10.2. The number of thiophene rings is 1. The minimum Gasteiger partial charge on any atom is -0.490 e. The lowest BCUT2D eigenvalue weighted by Gasteiger charge is -2.12. The molecule has 0 radical (unpaired) electrons. The number of nitrogens with one attached hydrogen (secondary N) is 1. The van der Waals surface area contributed by atoms with Crippen molar-refractivity contribution in [2.45, 2.75) is 20.0 Å². The molecule has 1 N–H and O–H groups in total. The van der Waals surface area contributed by atoms with Crippen molar-refractivity contribution in [3.63, 3.8) is 0 Å². The van der Waals surface area contributed by atoms with Crippen molar-refractivity contribution in [3.05, 3.63) is 92.6 Å². The van der Waals surface area contributed by atoms with E-state index in [1.165, 1.54) is 4.88 Å². The van der Waals surface area contributed by atoms with Gasteiger partial charge in [-0.3, -0.25) is 5.10 Å². The maximum absolute atomic E-state index is 5.97. The minimum atomic E-state index is 0.454. The van der Waals surface area contributed by atoms with Crippen LogP contribution in [0.2, 0.25) is 0 Å². The van der Waals surface area contributed by atoms with Crippen LogP contribution in [-0.4, -0.2) is 27.7 Å². The van der Waals surface area contributed by atoms with E-state index in [4.69, 9.17) is 21.7 Å². The molecule has 0 amide bonds. The number of benzene rings is 2. The molecular weight excluding hydrogens is 428 g/mol. The first-order chi connectivity index (χ1) is 15.2. The lowest BCUT2D eigenvalue weighted by Crippen LogP contribution is -2.01. The zero-order valence-electron chi connectivity index (χ0n) is 17.0. The van der Waals surface area contributed by atoms with Gasteiger partial charge in [0.15, 0.2) is 17.3 Å². The predicted molar refractivity (Wildman–Crippen MR) is 126 cm³/mol. The average molecular weight is 451 g/mol. The van der Waals surface area contributed by atoms with Crippen LogP contribution in [0.3, 0.4) is 0 Å². The normalized spacial score (nSPS) is 11.1. The molecule has 2 aromatic heterocycles. The lowest BCUT2D eigenvalue weighted by atomic mass is 10.2. The second-order valence-electron chi connectivity index (χ2n) is 6.67. The molecule has 0 bridgehead atoms. The van der Waals surface area contributed by atoms with Gasteiger partial charge < -0.3 is 9.47 Å². The molecule has 0 saturated carbocycles. The van der Waals surface area contributed by atoms with Gasteiger partial charge in [-0.1, -0.05) is 36.4 Å². The van der Waals surface area contributed by atoms with Gasteiger partial charge in [-0.25, -0.2) is 0 Å². The van der Waals surface area contributed by atoms with Crippen LogP contribution in [0.25, 0.3) is 0 Å². The fourth-order valence-electron chi connectivity index (χ4n) is 2.98. The van der Waals surface area contributed by atoms with Crippen molar-refractivity contribution in [2.24, 2.45) is 5.10 Å². The Morgan fingerprint density at radius 3 is 2.74 bits per heavy atom. The van der Waals surface area contributed by atoms with E-state index in [-0.39, 0.29) is 0 Å². The highest BCUT2D eigenvalue weighted by Crippen LogP contribution is 2.29. The molecule has 0 aliphatic carbocycles. The van der Waals surface area contributed by atoms with E-state index in [0.717, 1.165) is 17.0 Å². The number of aromatic nitrogens is 3. The Morgan fingerprint density at radius 1 is 1.10 bits per heavy atom. The summed E-state index contributed by atoms with van der Waals surface area (Å²) in [6, 6.07) is 19.9. The van der Waals surface area contributed by atoms with E-state index in [1.54, 1.807) is 22.2 Å². The first-order valence-corrected chi connectivity index (χ1v) is 11.2. The number of hydrogen-bond donors (Lipinski definition) is 1. The summed E-state index contributed by atoms with van der Waals surface area (Å²) in [5, 5.41) is 13.7. The van der Waals surface area contributed by atoms with Crippen LogP contribution in [0, 0.1) is 4.77 Å². The third-order valence-electron chi connectivity index (χ3n) is 4.46. The summed E-state index contributed by atoms with van der Waals surface area (Å²) in [6.07, 6.45) is 2.41. The average Bonchev–Trinajstić information content (AvgIpc) is 3.43. The highest BCUT2D eigenvalue weighted by molar-refractivity contribution is 7.71. The number of hydrogen-bond acceptors (Lipinski definition) is 6. The molecule has 158 valence electrons. The molecule has 0 fully saturated rings. The summed E-state index contributed by atoms with van der Waals surface area (Å²) in [6.45, 7) is 2.97. The second-order valence-corrected chi connectivity index (χ2v) is 8.09. The molecule has 6 nitrogen and oxygen atoms in total. The Morgan fingerprint density at radius 2 is 1.97 bits per heavy atom. The van der Waals surface area contributed by atoms with Crippen molar-refractivity contribution in [2.75, 3.05) is 6.61 Å². The number of aromatic amines is 1. The van der Waals surface area contributed by atoms with E-state index in [0.29, 0.717) is 35.9 Å². The molecule has 0 atom stereocenters. The summed E-state index contributed by atoms with van der Waals surface area (Å²) in [7, 11) is 0. The fraction of sp³-hybridized carbons (Fsp3) is 0.174. The summed E-state index contributed by atoms with van der Waals surface area (Å²) in [5.74, 6) is 2.13. The van der Waals surface area contributed by atoms with Crippen LogP contribution >= 0.6 is 23.6 Å². The van der Waals surface area contributed by atoms with E-state index in [1.807, 2.05) is 66.9 Å². The molecule has 2 aromatic carbocycles. The van der Waals surface area contributed by atoms with E-state index >= 15 is 0 Å². The van der Waals surface area contributed by atoms with Gasteiger partial charge in [-0.2, -0.15) is 14.9 Å². The summed E-state index contributed by atoms with van der Waals surface area (Å²) in [4.78, 5) is 1.20. The van der Waals surface area contributed by atoms with Gasteiger partial charge in [-0.15, -0.1) is 11.3 Å². The summed E-state index contributed by atoms with van der Waals surface area (Å²) >= 11 is 7.02. The van der Waals surface area contributed by atoms with Gasteiger partial charge in [0.05, 0.1) is 12.8 Å². The zero-order chi connectivity index (χ0) is 21.5. The number of H-pyrrole nitrogens is 1.